The molecule has 1 unspecified atom stereocenters. The SMILES string of the molecule is NCC(NCC(F)(F)F)c1ccccc1OC(F)(F)F. The van der Waals surface area contributed by atoms with E-state index in [2.05, 4.69) is 10.1 Å². The maximum absolute atomic E-state index is 12.2. The van der Waals surface area contributed by atoms with E-state index in [1.165, 1.54) is 18.2 Å². The average Bonchev–Trinajstić information content (AvgIpc) is 2.28. The fourth-order valence-corrected chi connectivity index (χ4v) is 1.55. The Kier molecular flexibility index (Phi) is 5.23. The predicted octanol–water partition coefficient (Wildman–Crippen LogP) is 2.74. The van der Waals surface area contributed by atoms with Gasteiger partial charge in [-0.1, -0.05) is 18.2 Å². The first kappa shape index (κ1) is 16.6. The Labute approximate surface area is 110 Å². The fraction of sp³-hybridized carbons (Fsp3) is 0.455. The molecule has 114 valence electrons. The first-order chi connectivity index (χ1) is 9.12. The lowest BCUT2D eigenvalue weighted by atomic mass is 10.1. The van der Waals surface area contributed by atoms with Gasteiger partial charge in [-0.25, -0.2) is 0 Å². The van der Waals surface area contributed by atoms with Crippen LogP contribution in [0.3, 0.4) is 0 Å². The molecular formula is C11H12F6N2O. The van der Waals surface area contributed by atoms with E-state index in [0.29, 0.717) is 0 Å². The predicted molar refractivity (Wildman–Crippen MR) is 59.0 cm³/mol. The molecule has 0 fully saturated rings. The monoisotopic (exact) mass is 302 g/mol. The van der Waals surface area contributed by atoms with Crippen LogP contribution in [0.1, 0.15) is 11.6 Å². The molecule has 0 spiro atoms. The molecule has 1 rings (SSSR count). The van der Waals surface area contributed by atoms with Crippen molar-refractivity contribution >= 4 is 0 Å². The van der Waals surface area contributed by atoms with Gasteiger partial charge in [0.1, 0.15) is 5.75 Å². The largest absolute Gasteiger partial charge is 0.573 e. The number of hydrogen-bond acceptors (Lipinski definition) is 3. The van der Waals surface area contributed by atoms with Crippen molar-refractivity contribution in [2.24, 2.45) is 5.73 Å². The van der Waals surface area contributed by atoms with Crippen LogP contribution in [0.2, 0.25) is 0 Å². The molecule has 3 nitrogen and oxygen atoms in total. The molecule has 0 aliphatic heterocycles. The van der Waals surface area contributed by atoms with Crippen molar-refractivity contribution in [2.75, 3.05) is 13.1 Å². The summed E-state index contributed by atoms with van der Waals surface area (Å²) < 4.78 is 76.8. The molecule has 9 heteroatoms. The van der Waals surface area contributed by atoms with Crippen LogP contribution < -0.4 is 15.8 Å². The van der Waals surface area contributed by atoms with Gasteiger partial charge in [0.25, 0.3) is 0 Å². The van der Waals surface area contributed by atoms with E-state index in [-0.39, 0.29) is 12.1 Å². The minimum absolute atomic E-state index is 0.0865. The lowest BCUT2D eigenvalue weighted by Crippen LogP contribution is -2.36. The molecule has 3 N–H and O–H groups in total. The summed E-state index contributed by atoms with van der Waals surface area (Å²) in [5, 5.41) is 2.05. The summed E-state index contributed by atoms with van der Waals surface area (Å²) in [6, 6.07) is 3.80. The van der Waals surface area contributed by atoms with Gasteiger partial charge >= 0.3 is 12.5 Å². The van der Waals surface area contributed by atoms with Gasteiger partial charge in [-0.15, -0.1) is 13.2 Å². The number of alkyl halides is 6. The molecule has 0 aromatic heterocycles. The Morgan fingerprint density at radius 2 is 1.70 bits per heavy atom. The quantitative estimate of drug-likeness (QED) is 0.822. The van der Waals surface area contributed by atoms with E-state index in [9.17, 15) is 26.3 Å². The molecule has 0 heterocycles. The summed E-state index contributed by atoms with van der Waals surface area (Å²) >= 11 is 0. The van der Waals surface area contributed by atoms with Crippen molar-refractivity contribution < 1.29 is 31.1 Å². The van der Waals surface area contributed by atoms with Gasteiger partial charge in [-0.05, 0) is 6.07 Å². The van der Waals surface area contributed by atoms with Crippen LogP contribution in [0.25, 0.3) is 0 Å². The van der Waals surface area contributed by atoms with Crippen molar-refractivity contribution in [3.63, 3.8) is 0 Å². The Hall–Kier alpha value is -1.48. The third-order valence-electron chi connectivity index (χ3n) is 2.30. The Morgan fingerprint density at radius 1 is 1.10 bits per heavy atom. The summed E-state index contributed by atoms with van der Waals surface area (Å²) in [6.45, 7) is -1.68. The second-order valence-electron chi connectivity index (χ2n) is 3.87. The molecule has 0 saturated carbocycles. The van der Waals surface area contributed by atoms with Crippen molar-refractivity contribution in [2.45, 2.75) is 18.6 Å². The molecule has 1 aromatic rings. The molecular weight excluding hydrogens is 290 g/mol. The minimum Gasteiger partial charge on any atom is -0.405 e. The number of benzene rings is 1. The molecule has 1 atom stereocenters. The van der Waals surface area contributed by atoms with Gasteiger partial charge in [0, 0.05) is 18.2 Å². The highest BCUT2D eigenvalue weighted by Gasteiger charge is 2.33. The summed E-state index contributed by atoms with van der Waals surface area (Å²) in [6.07, 6.45) is -9.42. The maximum atomic E-state index is 12.2. The van der Waals surface area contributed by atoms with E-state index < -0.39 is 30.9 Å². The van der Waals surface area contributed by atoms with Crippen LogP contribution in [-0.4, -0.2) is 25.6 Å². The highest BCUT2D eigenvalue weighted by atomic mass is 19.4. The van der Waals surface area contributed by atoms with E-state index in [0.717, 1.165) is 6.07 Å². The van der Waals surface area contributed by atoms with Crippen molar-refractivity contribution in [3.8, 4) is 5.75 Å². The van der Waals surface area contributed by atoms with E-state index >= 15 is 0 Å². The molecule has 0 radical (unpaired) electrons. The third-order valence-corrected chi connectivity index (χ3v) is 2.30. The highest BCUT2D eigenvalue weighted by molar-refractivity contribution is 5.36. The molecule has 0 aliphatic carbocycles. The van der Waals surface area contributed by atoms with Crippen LogP contribution in [0.5, 0.6) is 5.75 Å². The first-order valence-corrected chi connectivity index (χ1v) is 5.47. The van der Waals surface area contributed by atoms with Crippen LogP contribution in [0.4, 0.5) is 26.3 Å². The standard InChI is InChI=1S/C11H12F6N2O/c12-10(13,14)6-19-8(5-18)7-3-1-2-4-9(7)20-11(15,16)17/h1-4,8,19H,5-6,18H2. The number of hydrogen-bond donors (Lipinski definition) is 2. The average molecular weight is 302 g/mol. The lowest BCUT2D eigenvalue weighted by molar-refractivity contribution is -0.275. The number of rotatable bonds is 5. The van der Waals surface area contributed by atoms with Crippen LogP contribution >= 0.6 is 0 Å². The zero-order valence-electron chi connectivity index (χ0n) is 10.1. The zero-order chi connectivity index (χ0) is 15.4. The number of nitrogens with one attached hydrogen (secondary N) is 1. The van der Waals surface area contributed by atoms with Gasteiger partial charge in [-0.3, -0.25) is 0 Å². The van der Waals surface area contributed by atoms with Gasteiger partial charge in [0.05, 0.1) is 6.54 Å². The molecule has 0 saturated heterocycles. The Balaban J connectivity index is 2.92. The van der Waals surface area contributed by atoms with Crippen LogP contribution in [0.15, 0.2) is 24.3 Å². The first-order valence-electron chi connectivity index (χ1n) is 5.47. The van der Waals surface area contributed by atoms with Gasteiger partial charge in [-0.2, -0.15) is 13.2 Å². The van der Waals surface area contributed by atoms with Gasteiger partial charge < -0.3 is 15.8 Å². The molecule has 0 aliphatic rings. The smallest absolute Gasteiger partial charge is 0.405 e. The number of ether oxygens (including phenoxy) is 1. The topological polar surface area (TPSA) is 47.3 Å². The van der Waals surface area contributed by atoms with Gasteiger partial charge in [0.15, 0.2) is 0 Å². The van der Waals surface area contributed by atoms with E-state index in [1.54, 1.807) is 0 Å². The number of para-hydroxylation sites is 1. The Bertz CT molecular complexity index is 432. The number of nitrogens with two attached hydrogens (primary N) is 1. The molecule has 0 amide bonds. The fourth-order valence-electron chi connectivity index (χ4n) is 1.55. The van der Waals surface area contributed by atoms with E-state index in [1.807, 2.05) is 0 Å². The summed E-state index contributed by atoms with van der Waals surface area (Å²) in [5.41, 5.74) is 5.21. The minimum atomic E-state index is -4.93. The van der Waals surface area contributed by atoms with Crippen molar-refractivity contribution in [1.29, 1.82) is 0 Å². The second-order valence-corrected chi connectivity index (χ2v) is 3.87. The van der Waals surface area contributed by atoms with Crippen LogP contribution in [0, 0.1) is 0 Å². The van der Waals surface area contributed by atoms with Crippen LogP contribution in [-0.2, 0) is 0 Å². The third kappa shape index (κ3) is 5.66. The van der Waals surface area contributed by atoms with Crippen molar-refractivity contribution in [3.05, 3.63) is 29.8 Å². The lowest BCUT2D eigenvalue weighted by Gasteiger charge is -2.21. The normalized spacial score (nSPS) is 14.2. The number of halogens is 6. The summed E-state index contributed by atoms with van der Waals surface area (Å²) in [5.74, 6) is -0.579. The molecule has 1 aromatic carbocycles. The molecule has 0 bridgehead atoms. The summed E-state index contributed by atoms with van der Waals surface area (Å²) in [4.78, 5) is 0. The molecule has 20 heavy (non-hydrogen) atoms. The van der Waals surface area contributed by atoms with E-state index in [4.69, 9.17) is 5.73 Å². The maximum Gasteiger partial charge on any atom is 0.573 e. The zero-order valence-corrected chi connectivity index (χ0v) is 10.1. The second kappa shape index (κ2) is 6.31. The van der Waals surface area contributed by atoms with Gasteiger partial charge in [0.2, 0.25) is 0 Å². The Morgan fingerprint density at radius 3 is 2.20 bits per heavy atom. The van der Waals surface area contributed by atoms with Crippen molar-refractivity contribution in [1.82, 2.24) is 5.32 Å². The summed E-state index contributed by atoms with van der Waals surface area (Å²) in [7, 11) is 0. The highest BCUT2D eigenvalue weighted by Crippen LogP contribution is 2.30.